The van der Waals surface area contributed by atoms with Crippen molar-refractivity contribution in [1.29, 1.82) is 0 Å². The second kappa shape index (κ2) is 7.72. The standard InChI is InChI=1S/C6H8O2.Mg.2H/c1-3-5-8-6(7)4-2;;;/h3-5H,2H2,1H3;;;/q;+2;2*-1. The normalized spacial score (nSPS) is 8.11. The molecule has 0 aliphatic heterocycles. The third kappa shape index (κ3) is 7.72. The van der Waals surface area contributed by atoms with E-state index in [9.17, 15) is 4.79 Å². The van der Waals surface area contributed by atoms with E-state index >= 15 is 0 Å². The van der Waals surface area contributed by atoms with Crippen LogP contribution >= 0.6 is 0 Å². The van der Waals surface area contributed by atoms with E-state index in [1.807, 2.05) is 0 Å². The van der Waals surface area contributed by atoms with Crippen molar-refractivity contribution >= 4 is 29.0 Å². The molecule has 2 nitrogen and oxygen atoms in total. The van der Waals surface area contributed by atoms with Crippen LogP contribution in [0.4, 0.5) is 0 Å². The van der Waals surface area contributed by atoms with Gasteiger partial charge in [-0.05, 0) is 6.92 Å². The van der Waals surface area contributed by atoms with Gasteiger partial charge < -0.3 is 7.59 Å². The summed E-state index contributed by atoms with van der Waals surface area (Å²) in [5.74, 6) is -0.428. The predicted molar refractivity (Wildman–Crippen MR) is 39.1 cm³/mol. The molecule has 48 valence electrons. The van der Waals surface area contributed by atoms with Crippen molar-refractivity contribution in [2.75, 3.05) is 0 Å². The van der Waals surface area contributed by atoms with Crippen molar-refractivity contribution in [3.05, 3.63) is 25.0 Å². The van der Waals surface area contributed by atoms with Crippen molar-refractivity contribution in [3.63, 3.8) is 0 Å². The molecule has 0 aliphatic rings. The van der Waals surface area contributed by atoms with E-state index in [-0.39, 0.29) is 25.9 Å². The fraction of sp³-hybridized carbons (Fsp3) is 0.167. The Morgan fingerprint density at radius 2 is 2.33 bits per heavy atom. The Morgan fingerprint density at radius 1 is 1.78 bits per heavy atom. The van der Waals surface area contributed by atoms with E-state index in [1.165, 1.54) is 6.26 Å². The summed E-state index contributed by atoms with van der Waals surface area (Å²) in [6, 6.07) is 0. The Hall–Kier alpha value is -0.284. The fourth-order valence-corrected chi connectivity index (χ4v) is 0.183. The minimum atomic E-state index is -0.428. The third-order valence-electron chi connectivity index (χ3n) is 0.487. The van der Waals surface area contributed by atoms with Crippen molar-refractivity contribution in [1.82, 2.24) is 0 Å². The molecule has 0 rings (SSSR count). The molecule has 0 aliphatic carbocycles. The molecule has 0 bridgehead atoms. The first-order valence-corrected chi connectivity index (χ1v) is 2.25. The fourth-order valence-electron chi connectivity index (χ4n) is 0.183. The van der Waals surface area contributed by atoms with Crippen molar-refractivity contribution in [3.8, 4) is 0 Å². The number of allylic oxidation sites excluding steroid dienone is 1. The second-order valence-corrected chi connectivity index (χ2v) is 1.11. The van der Waals surface area contributed by atoms with Gasteiger partial charge in [0.2, 0.25) is 0 Å². The average Bonchev–Trinajstić information content (AvgIpc) is 1.83. The molecule has 0 fully saturated rings. The van der Waals surface area contributed by atoms with E-state index in [0.29, 0.717) is 0 Å². The molecule has 0 atom stereocenters. The Balaban J connectivity index is -0.0000000817. The Morgan fingerprint density at radius 3 is 2.67 bits per heavy atom. The number of carbonyl (C=O) groups excluding carboxylic acids is 1. The van der Waals surface area contributed by atoms with Crippen LogP contribution in [0.15, 0.2) is 25.0 Å². The van der Waals surface area contributed by atoms with E-state index in [1.54, 1.807) is 13.0 Å². The van der Waals surface area contributed by atoms with Crippen LogP contribution in [0.5, 0.6) is 0 Å². The van der Waals surface area contributed by atoms with Crippen molar-refractivity contribution in [2.45, 2.75) is 6.92 Å². The first-order valence-electron chi connectivity index (χ1n) is 2.25. The molecule has 0 spiro atoms. The molecule has 3 heteroatoms. The van der Waals surface area contributed by atoms with Crippen molar-refractivity contribution < 1.29 is 12.4 Å². The van der Waals surface area contributed by atoms with Crippen LogP contribution in [-0.2, 0) is 9.53 Å². The smallest absolute Gasteiger partial charge is 1.00 e. The summed E-state index contributed by atoms with van der Waals surface area (Å²) in [7, 11) is 0. The molecule has 0 heterocycles. The van der Waals surface area contributed by atoms with Gasteiger partial charge in [-0.2, -0.15) is 0 Å². The SMILES string of the molecule is C=CC(=O)OC=CC.[H-].[H-].[Mg+2]. The van der Waals surface area contributed by atoms with Gasteiger partial charge in [-0.1, -0.05) is 12.7 Å². The molecule has 0 amide bonds. The minimum absolute atomic E-state index is 0. The maximum absolute atomic E-state index is 10.2. The minimum Gasteiger partial charge on any atom is -1.00 e. The number of hydrogen-bond acceptors (Lipinski definition) is 2. The van der Waals surface area contributed by atoms with E-state index in [0.717, 1.165) is 6.08 Å². The second-order valence-electron chi connectivity index (χ2n) is 1.11. The van der Waals surface area contributed by atoms with Gasteiger partial charge >= 0.3 is 29.0 Å². The molecule has 0 aromatic carbocycles. The summed E-state index contributed by atoms with van der Waals surface area (Å²) >= 11 is 0. The van der Waals surface area contributed by atoms with Gasteiger partial charge in [0.05, 0.1) is 6.26 Å². The van der Waals surface area contributed by atoms with Crippen LogP contribution in [0.2, 0.25) is 0 Å². The third-order valence-corrected chi connectivity index (χ3v) is 0.487. The first-order chi connectivity index (χ1) is 3.81. The number of esters is 1. The maximum Gasteiger partial charge on any atom is 2.00 e. The van der Waals surface area contributed by atoms with Crippen LogP contribution < -0.4 is 0 Å². The van der Waals surface area contributed by atoms with E-state index < -0.39 is 5.97 Å². The zero-order valence-electron chi connectivity index (χ0n) is 7.46. The maximum atomic E-state index is 10.2. The molecular weight excluding hydrogens is 128 g/mol. The molecular formula is C6H10MgO2. The molecule has 0 N–H and O–H groups in total. The van der Waals surface area contributed by atoms with Gasteiger partial charge in [-0.3, -0.25) is 0 Å². The van der Waals surface area contributed by atoms with Gasteiger partial charge in [-0.15, -0.1) is 0 Å². The van der Waals surface area contributed by atoms with Gasteiger partial charge in [0, 0.05) is 6.08 Å². The van der Waals surface area contributed by atoms with Gasteiger partial charge in [-0.25, -0.2) is 4.79 Å². The summed E-state index contributed by atoms with van der Waals surface area (Å²) in [5.41, 5.74) is 0. The summed E-state index contributed by atoms with van der Waals surface area (Å²) in [5, 5.41) is 0. The molecule has 0 aromatic rings. The Bertz CT molecular complexity index is 126. The number of hydrogen-bond donors (Lipinski definition) is 0. The molecule has 0 aromatic heterocycles. The zero-order valence-corrected chi connectivity index (χ0v) is 6.88. The largest absolute Gasteiger partial charge is 2.00 e. The topological polar surface area (TPSA) is 26.3 Å². The molecule has 0 unspecified atom stereocenters. The molecule has 0 radical (unpaired) electrons. The Labute approximate surface area is 73.7 Å². The number of carbonyl (C=O) groups is 1. The summed E-state index contributed by atoms with van der Waals surface area (Å²) in [4.78, 5) is 10.2. The molecule has 9 heavy (non-hydrogen) atoms. The zero-order chi connectivity index (χ0) is 6.41. The van der Waals surface area contributed by atoms with E-state index in [2.05, 4.69) is 11.3 Å². The van der Waals surface area contributed by atoms with Gasteiger partial charge in [0.1, 0.15) is 0 Å². The van der Waals surface area contributed by atoms with Crippen LogP contribution in [0.1, 0.15) is 9.78 Å². The Kier molecular flexibility index (Phi) is 9.86. The van der Waals surface area contributed by atoms with Crippen molar-refractivity contribution in [2.24, 2.45) is 0 Å². The number of ether oxygens (including phenoxy) is 1. The predicted octanol–water partition coefficient (Wildman–Crippen LogP) is 1.09. The van der Waals surface area contributed by atoms with Crippen LogP contribution in [-0.4, -0.2) is 29.0 Å². The van der Waals surface area contributed by atoms with E-state index in [4.69, 9.17) is 0 Å². The molecule has 0 saturated carbocycles. The molecule has 0 saturated heterocycles. The average molecular weight is 138 g/mol. The summed E-state index contributed by atoms with van der Waals surface area (Å²) in [6.07, 6.45) is 4.05. The van der Waals surface area contributed by atoms with Crippen LogP contribution in [0.25, 0.3) is 0 Å². The quantitative estimate of drug-likeness (QED) is 0.247. The van der Waals surface area contributed by atoms with Gasteiger partial charge in [0.15, 0.2) is 0 Å². The van der Waals surface area contributed by atoms with Crippen LogP contribution in [0.3, 0.4) is 0 Å². The summed E-state index contributed by atoms with van der Waals surface area (Å²) in [6.45, 7) is 4.97. The van der Waals surface area contributed by atoms with Crippen LogP contribution in [0, 0.1) is 0 Å². The number of rotatable bonds is 2. The summed E-state index contributed by atoms with van der Waals surface area (Å²) < 4.78 is 4.40. The first kappa shape index (κ1) is 11.5. The van der Waals surface area contributed by atoms with Gasteiger partial charge in [0.25, 0.3) is 0 Å². The monoisotopic (exact) mass is 138 g/mol.